The van der Waals surface area contributed by atoms with Crippen LogP contribution in [-0.4, -0.2) is 35.9 Å². The smallest absolute Gasteiger partial charge is 0.142 e. The highest BCUT2D eigenvalue weighted by atomic mass is 32.1. The zero-order chi connectivity index (χ0) is 22.9. The Kier molecular flexibility index (Phi) is 5.35. The molecule has 7 nitrogen and oxygen atoms in total. The van der Waals surface area contributed by atoms with Crippen molar-refractivity contribution in [3.8, 4) is 44.8 Å². The molecule has 0 saturated heterocycles. The molecule has 3 aromatic carbocycles. The van der Waals surface area contributed by atoms with Gasteiger partial charge in [0, 0.05) is 28.9 Å². The van der Waals surface area contributed by atoms with E-state index in [2.05, 4.69) is 29.2 Å². The van der Waals surface area contributed by atoms with Crippen molar-refractivity contribution >= 4 is 27.2 Å². The van der Waals surface area contributed by atoms with Crippen molar-refractivity contribution < 1.29 is 14.2 Å². The maximum absolute atomic E-state index is 6.10. The van der Waals surface area contributed by atoms with Gasteiger partial charge in [0.25, 0.3) is 0 Å². The van der Waals surface area contributed by atoms with Gasteiger partial charge in [-0.3, -0.25) is 4.57 Å². The Morgan fingerprint density at radius 1 is 0.848 bits per heavy atom. The molecule has 0 spiro atoms. The monoisotopic (exact) mass is 458 g/mol. The highest BCUT2D eigenvalue weighted by Crippen LogP contribution is 2.39. The minimum absolute atomic E-state index is 0.584. The van der Waals surface area contributed by atoms with E-state index in [4.69, 9.17) is 24.9 Å². The Morgan fingerprint density at radius 2 is 1.61 bits per heavy atom. The van der Waals surface area contributed by atoms with Gasteiger partial charge in [0.15, 0.2) is 0 Å². The molecule has 5 rings (SSSR count). The molecule has 0 aliphatic rings. The number of nitrogens with two attached hydrogens (primary N) is 1. The van der Waals surface area contributed by atoms with E-state index < -0.39 is 0 Å². The fourth-order valence-corrected chi connectivity index (χ4v) is 4.79. The van der Waals surface area contributed by atoms with Gasteiger partial charge in [0.2, 0.25) is 0 Å². The molecule has 0 saturated carbocycles. The molecular weight excluding hydrogens is 436 g/mol. The molecular formula is C25H22N4O3S. The second kappa shape index (κ2) is 8.48. The summed E-state index contributed by atoms with van der Waals surface area (Å²) >= 11 is 1.59. The largest absolute Gasteiger partial charge is 0.497 e. The van der Waals surface area contributed by atoms with Crippen LogP contribution < -0.4 is 19.9 Å². The lowest BCUT2D eigenvalue weighted by molar-refractivity contribution is 0.398. The Morgan fingerprint density at radius 3 is 2.30 bits per heavy atom. The quantitative estimate of drug-likeness (QED) is 0.342. The van der Waals surface area contributed by atoms with E-state index in [9.17, 15) is 0 Å². The van der Waals surface area contributed by atoms with Crippen LogP contribution in [0.3, 0.4) is 0 Å². The first-order valence-electron chi connectivity index (χ1n) is 10.2. The SMILES string of the molecule is COc1cc(OC)c2sc(-c3ccc(-n4cncc4-c4ccc(OC)c(N)c4)cc3)nc2c1. The number of anilines is 1. The topological polar surface area (TPSA) is 84.4 Å². The van der Waals surface area contributed by atoms with Gasteiger partial charge in [-0.2, -0.15) is 0 Å². The van der Waals surface area contributed by atoms with E-state index in [-0.39, 0.29) is 0 Å². The normalized spacial score (nSPS) is 11.0. The number of imidazole rings is 1. The third kappa shape index (κ3) is 3.74. The lowest BCUT2D eigenvalue weighted by atomic mass is 10.1. The maximum Gasteiger partial charge on any atom is 0.142 e. The molecule has 8 heteroatoms. The Hall–Kier alpha value is -4.04. The van der Waals surface area contributed by atoms with Crippen molar-refractivity contribution in [2.45, 2.75) is 0 Å². The van der Waals surface area contributed by atoms with Crippen molar-refractivity contribution in [2.24, 2.45) is 0 Å². The maximum atomic E-state index is 6.10. The Balaban J connectivity index is 1.49. The molecule has 2 heterocycles. The Bertz CT molecular complexity index is 1440. The van der Waals surface area contributed by atoms with Gasteiger partial charge in [-0.25, -0.2) is 9.97 Å². The van der Waals surface area contributed by atoms with Crippen molar-refractivity contribution in [2.75, 3.05) is 27.1 Å². The molecule has 0 aliphatic carbocycles. The second-order valence-electron chi connectivity index (χ2n) is 7.35. The number of fused-ring (bicyclic) bond motifs is 1. The molecule has 0 radical (unpaired) electrons. The number of nitrogens with zero attached hydrogens (tertiary/aromatic N) is 3. The number of aromatic nitrogens is 3. The van der Waals surface area contributed by atoms with Crippen LogP contribution >= 0.6 is 11.3 Å². The van der Waals surface area contributed by atoms with Crippen molar-refractivity contribution in [1.82, 2.24) is 14.5 Å². The first-order valence-corrected chi connectivity index (χ1v) is 11.0. The van der Waals surface area contributed by atoms with Crippen LogP contribution in [0.1, 0.15) is 0 Å². The van der Waals surface area contributed by atoms with Crippen LogP contribution in [0.15, 0.2) is 67.1 Å². The van der Waals surface area contributed by atoms with E-state index in [1.54, 1.807) is 39.0 Å². The molecule has 0 atom stereocenters. The van der Waals surface area contributed by atoms with Crippen molar-refractivity contribution in [3.05, 3.63) is 67.1 Å². The van der Waals surface area contributed by atoms with Crippen molar-refractivity contribution in [1.29, 1.82) is 0 Å². The zero-order valence-corrected chi connectivity index (χ0v) is 19.2. The number of hydrogen-bond acceptors (Lipinski definition) is 7. The van der Waals surface area contributed by atoms with Crippen molar-refractivity contribution in [3.63, 3.8) is 0 Å². The van der Waals surface area contributed by atoms with Gasteiger partial charge in [0.05, 0.1) is 55.5 Å². The van der Waals surface area contributed by atoms with E-state index >= 15 is 0 Å². The van der Waals surface area contributed by atoms with Gasteiger partial charge in [-0.15, -0.1) is 11.3 Å². The number of thiazole rings is 1. The van der Waals surface area contributed by atoms with Crippen LogP contribution in [0.4, 0.5) is 5.69 Å². The fraction of sp³-hybridized carbons (Fsp3) is 0.120. The van der Waals surface area contributed by atoms with Crippen LogP contribution in [0.2, 0.25) is 0 Å². The Labute approximate surface area is 195 Å². The number of benzene rings is 3. The zero-order valence-electron chi connectivity index (χ0n) is 18.4. The predicted octanol–water partition coefficient (Wildman–Crippen LogP) is 5.42. The summed E-state index contributed by atoms with van der Waals surface area (Å²) in [6.07, 6.45) is 3.61. The van der Waals surface area contributed by atoms with Gasteiger partial charge in [-0.1, -0.05) is 0 Å². The molecule has 0 aliphatic heterocycles. The molecule has 2 aromatic heterocycles. The third-order valence-corrected chi connectivity index (χ3v) is 6.58. The summed E-state index contributed by atoms with van der Waals surface area (Å²) in [4.78, 5) is 9.14. The van der Waals surface area contributed by atoms with Crippen LogP contribution in [0, 0.1) is 0 Å². The lowest BCUT2D eigenvalue weighted by Crippen LogP contribution is -1.97. The summed E-state index contributed by atoms with van der Waals surface area (Å²) in [6.45, 7) is 0. The molecule has 0 unspecified atom stereocenters. The fourth-order valence-electron chi connectivity index (χ4n) is 3.74. The average Bonchev–Trinajstić information content (AvgIpc) is 3.51. The standard InChI is InChI=1S/C25H22N4O3S/c1-30-18-11-20-24(23(12-18)32-3)33-25(28-20)15-4-7-17(8-5-15)29-14-27-13-21(29)16-6-9-22(31-2)19(26)10-16/h4-14H,26H2,1-3H3. The van der Waals surface area contributed by atoms with Crippen LogP contribution in [0.25, 0.3) is 37.7 Å². The average molecular weight is 459 g/mol. The summed E-state index contributed by atoms with van der Waals surface area (Å²) in [5.41, 5.74) is 11.5. The number of nitrogen functional groups attached to an aromatic ring is 1. The molecule has 0 amide bonds. The molecule has 0 fully saturated rings. The van der Waals surface area contributed by atoms with Crippen LogP contribution in [0.5, 0.6) is 17.2 Å². The first kappa shape index (κ1) is 20.8. The molecule has 0 bridgehead atoms. The van der Waals surface area contributed by atoms with Crippen LogP contribution in [-0.2, 0) is 0 Å². The van der Waals surface area contributed by atoms with Gasteiger partial charge < -0.3 is 19.9 Å². The number of hydrogen-bond donors (Lipinski definition) is 1. The minimum Gasteiger partial charge on any atom is -0.497 e. The highest BCUT2D eigenvalue weighted by Gasteiger charge is 2.14. The van der Waals surface area contributed by atoms with Gasteiger partial charge >= 0.3 is 0 Å². The highest BCUT2D eigenvalue weighted by molar-refractivity contribution is 7.22. The second-order valence-corrected chi connectivity index (χ2v) is 8.35. The first-order chi connectivity index (χ1) is 16.1. The number of methoxy groups -OCH3 is 3. The number of rotatable bonds is 6. The summed E-state index contributed by atoms with van der Waals surface area (Å²) in [7, 11) is 4.90. The summed E-state index contributed by atoms with van der Waals surface area (Å²) in [5.74, 6) is 2.13. The third-order valence-electron chi connectivity index (χ3n) is 5.44. The van der Waals surface area contributed by atoms with Gasteiger partial charge in [0.1, 0.15) is 22.3 Å². The molecule has 166 valence electrons. The van der Waals surface area contributed by atoms with E-state index in [0.29, 0.717) is 11.4 Å². The van der Waals surface area contributed by atoms with E-state index in [1.807, 2.05) is 41.1 Å². The predicted molar refractivity (Wildman–Crippen MR) is 132 cm³/mol. The lowest BCUT2D eigenvalue weighted by Gasteiger charge is -2.11. The summed E-state index contributed by atoms with van der Waals surface area (Å²) < 4.78 is 19.2. The number of ether oxygens (including phenoxy) is 3. The van der Waals surface area contributed by atoms with Gasteiger partial charge in [-0.05, 0) is 42.5 Å². The summed E-state index contributed by atoms with van der Waals surface area (Å²) in [5, 5.41) is 0.914. The van der Waals surface area contributed by atoms with E-state index in [1.165, 1.54) is 0 Å². The molecule has 2 N–H and O–H groups in total. The minimum atomic E-state index is 0.584. The van der Waals surface area contributed by atoms with E-state index in [0.717, 1.165) is 49.2 Å². The molecule has 33 heavy (non-hydrogen) atoms. The molecule has 5 aromatic rings. The summed E-state index contributed by atoms with van der Waals surface area (Å²) in [6, 6.07) is 17.7.